The summed E-state index contributed by atoms with van der Waals surface area (Å²) < 4.78 is 1.89. The molecule has 0 fully saturated rings. The minimum atomic E-state index is 0.299. The number of aromatic nitrogens is 1. The van der Waals surface area contributed by atoms with Gasteiger partial charge in [0.1, 0.15) is 5.75 Å². The molecule has 0 saturated heterocycles. The molecule has 0 aliphatic rings. The molecule has 0 spiro atoms. The lowest BCUT2D eigenvalue weighted by Gasteiger charge is -2.04. The van der Waals surface area contributed by atoms with E-state index in [4.69, 9.17) is 5.73 Å². The minimum absolute atomic E-state index is 0.299. The Labute approximate surface area is 76.4 Å². The Morgan fingerprint density at radius 1 is 1.38 bits per heavy atom. The molecule has 0 aliphatic heterocycles. The summed E-state index contributed by atoms with van der Waals surface area (Å²) in [4.78, 5) is 0. The predicted molar refractivity (Wildman–Crippen MR) is 52.5 cm³/mol. The Kier molecular flexibility index (Phi) is 1.74. The second-order valence-electron chi connectivity index (χ2n) is 3.14. The summed E-state index contributed by atoms with van der Waals surface area (Å²) in [6, 6.07) is 5.80. The maximum Gasteiger partial charge on any atom is 0.144 e. The van der Waals surface area contributed by atoms with Crippen molar-refractivity contribution in [2.75, 3.05) is 0 Å². The van der Waals surface area contributed by atoms with E-state index in [1.165, 1.54) is 0 Å². The summed E-state index contributed by atoms with van der Waals surface area (Å²) in [5, 5.41) is 10.9. The number of nitrogens with zero attached hydrogens (tertiary/aromatic N) is 1. The lowest BCUT2D eigenvalue weighted by atomic mass is 10.1. The summed E-state index contributed by atoms with van der Waals surface area (Å²) in [6.07, 6.45) is 1.92. The van der Waals surface area contributed by atoms with Gasteiger partial charge in [-0.3, -0.25) is 0 Å². The molecule has 0 unspecified atom stereocenters. The van der Waals surface area contributed by atoms with Crippen LogP contribution in [0.4, 0.5) is 0 Å². The first kappa shape index (κ1) is 8.13. The number of hydrogen-bond donors (Lipinski definition) is 2. The summed E-state index contributed by atoms with van der Waals surface area (Å²) in [5.74, 6) is 0.299. The van der Waals surface area contributed by atoms with Gasteiger partial charge in [0.15, 0.2) is 0 Å². The molecule has 0 aliphatic carbocycles. The average Bonchev–Trinajstić information content (AvgIpc) is 2.49. The molecule has 0 saturated carbocycles. The molecule has 0 radical (unpaired) electrons. The summed E-state index contributed by atoms with van der Waals surface area (Å²) in [5.41, 5.74) is 7.13. The number of nitrogens with two attached hydrogens (primary N) is 1. The molecule has 0 amide bonds. The van der Waals surface area contributed by atoms with Crippen LogP contribution in [0.2, 0.25) is 0 Å². The molecule has 13 heavy (non-hydrogen) atoms. The van der Waals surface area contributed by atoms with E-state index in [9.17, 15) is 5.11 Å². The predicted octanol–water partition coefficient (Wildman–Crippen LogP) is 1.34. The first-order valence-corrected chi connectivity index (χ1v) is 4.20. The second kappa shape index (κ2) is 2.78. The molecular weight excluding hydrogens is 164 g/mol. The van der Waals surface area contributed by atoms with Crippen LogP contribution in [-0.2, 0) is 13.6 Å². The topological polar surface area (TPSA) is 51.2 Å². The minimum Gasteiger partial charge on any atom is -0.505 e. The van der Waals surface area contributed by atoms with E-state index in [0.717, 1.165) is 16.5 Å². The van der Waals surface area contributed by atoms with Crippen molar-refractivity contribution in [1.29, 1.82) is 0 Å². The SMILES string of the molecule is Cn1ccc2ccc(CN)c(O)c21. The van der Waals surface area contributed by atoms with Crippen molar-refractivity contribution >= 4 is 10.9 Å². The third kappa shape index (κ3) is 1.09. The van der Waals surface area contributed by atoms with Crippen molar-refractivity contribution in [2.24, 2.45) is 12.8 Å². The van der Waals surface area contributed by atoms with E-state index < -0.39 is 0 Å². The highest BCUT2D eigenvalue weighted by Gasteiger charge is 2.07. The molecular formula is C10H12N2O. The van der Waals surface area contributed by atoms with Crippen molar-refractivity contribution in [1.82, 2.24) is 4.57 Å². The van der Waals surface area contributed by atoms with E-state index in [-0.39, 0.29) is 0 Å². The van der Waals surface area contributed by atoms with E-state index in [1.807, 2.05) is 36.0 Å². The van der Waals surface area contributed by atoms with Crippen molar-refractivity contribution in [3.8, 4) is 5.75 Å². The van der Waals surface area contributed by atoms with Crippen LogP contribution in [0.5, 0.6) is 5.75 Å². The van der Waals surface area contributed by atoms with Crippen LogP contribution in [0.25, 0.3) is 10.9 Å². The van der Waals surface area contributed by atoms with Crippen LogP contribution in [0.15, 0.2) is 24.4 Å². The zero-order valence-electron chi connectivity index (χ0n) is 7.49. The molecule has 1 aromatic heterocycles. The van der Waals surface area contributed by atoms with Crippen LogP contribution in [0.1, 0.15) is 5.56 Å². The Hall–Kier alpha value is -1.48. The van der Waals surface area contributed by atoms with E-state index in [0.29, 0.717) is 12.3 Å². The number of hydrogen-bond acceptors (Lipinski definition) is 2. The molecule has 68 valence electrons. The molecule has 3 heteroatoms. The van der Waals surface area contributed by atoms with Gasteiger partial charge >= 0.3 is 0 Å². The Bertz CT molecular complexity index is 445. The third-order valence-corrected chi connectivity index (χ3v) is 2.32. The van der Waals surface area contributed by atoms with Crippen molar-refractivity contribution < 1.29 is 5.11 Å². The standard InChI is InChI=1S/C10H12N2O/c1-12-5-4-7-2-3-8(6-11)10(13)9(7)12/h2-5,13H,6,11H2,1H3. The lowest BCUT2D eigenvalue weighted by molar-refractivity contribution is 0.472. The second-order valence-corrected chi connectivity index (χ2v) is 3.14. The smallest absolute Gasteiger partial charge is 0.144 e. The van der Waals surface area contributed by atoms with E-state index in [2.05, 4.69) is 0 Å². The maximum atomic E-state index is 9.82. The highest BCUT2D eigenvalue weighted by atomic mass is 16.3. The zero-order chi connectivity index (χ0) is 9.42. The summed E-state index contributed by atoms with van der Waals surface area (Å²) in [6.45, 7) is 0.368. The number of benzene rings is 1. The van der Waals surface area contributed by atoms with Gasteiger partial charge in [-0.05, 0) is 6.07 Å². The number of rotatable bonds is 1. The van der Waals surface area contributed by atoms with Crippen molar-refractivity contribution in [2.45, 2.75) is 6.54 Å². The monoisotopic (exact) mass is 176 g/mol. The van der Waals surface area contributed by atoms with Crippen LogP contribution in [-0.4, -0.2) is 9.67 Å². The van der Waals surface area contributed by atoms with E-state index >= 15 is 0 Å². The average molecular weight is 176 g/mol. The third-order valence-electron chi connectivity index (χ3n) is 2.32. The number of aryl methyl sites for hydroxylation is 1. The van der Waals surface area contributed by atoms with Crippen LogP contribution in [0.3, 0.4) is 0 Å². The quantitative estimate of drug-likeness (QED) is 0.689. The van der Waals surface area contributed by atoms with Gasteiger partial charge in [-0.25, -0.2) is 0 Å². The molecule has 2 aromatic rings. The Morgan fingerprint density at radius 2 is 2.15 bits per heavy atom. The fourth-order valence-corrected chi connectivity index (χ4v) is 1.57. The van der Waals surface area contributed by atoms with Gasteiger partial charge in [-0.1, -0.05) is 12.1 Å². The van der Waals surface area contributed by atoms with Gasteiger partial charge in [0.25, 0.3) is 0 Å². The summed E-state index contributed by atoms with van der Waals surface area (Å²) in [7, 11) is 1.91. The molecule has 0 atom stereocenters. The summed E-state index contributed by atoms with van der Waals surface area (Å²) >= 11 is 0. The van der Waals surface area contributed by atoms with E-state index in [1.54, 1.807) is 0 Å². The van der Waals surface area contributed by atoms with Gasteiger partial charge < -0.3 is 15.4 Å². The first-order chi connectivity index (χ1) is 6.24. The highest BCUT2D eigenvalue weighted by Crippen LogP contribution is 2.28. The van der Waals surface area contributed by atoms with Crippen molar-refractivity contribution in [3.63, 3.8) is 0 Å². The fraction of sp³-hybridized carbons (Fsp3) is 0.200. The molecule has 3 N–H and O–H groups in total. The Balaban J connectivity index is 2.83. The first-order valence-electron chi connectivity index (χ1n) is 4.20. The molecule has 2 rings (SSSR count). The van der Waals surface area contributed by atoms with Gasteiger partial charge in [-0.2, -0.15) is 0 Å². The Morgan fingerprint density at radius 3 is 2.85 bits per heavy atom. The highest BCUT2D eigenvalue weighted by molar-refractivity contribution is 5.86. The maximum absolute atomic E-state index is 9.82. The largest absolute Gasteiger partial charge is 0.505 e. The van der Waals surface area contributed by atoms with Crippen LogP contribution >= 0.6 is 0 Å². The molecule has 0 bridgehead atoms. The van der Waals surface area contributed by atoms with Gasteiger partial charge in [0, 0.05) is 30.7 Å². The number of phenols is 1. The molecule has 3 nitrogen and oxygen atoms in total. The number of fused-ring (bicyclic) bond motifs is 1. The van der Waals surface area contributed by atoms with Crippen molar-refractivity contribution in [3.05, 3.63) is 30.0 Å². The zero-order valence-corrected chi connectivity index (χ0v) is 7.49. The fourth-order valence-electron chi connectivity index (χ4n) is 1.57. The molecule has 1 heterocycles. The van der Waals surface area contributed by atoms with Gasteiger partial charge in [0.2, 0.25) is 0 Å². The number of phenolic OH excluding ortho intramolecular Hbond substituents is 1. The lowest BCUT2D eigenvalue weighted by Crippen LogP contribution is -1.97. The van der Waals surface area contributed by atoms with Crippen LogP contribution < -0.4 is 5.73 Å². The number of aromatic hydroxyl groups is 1. The van der Waals surface area contributed by atoms with Gasteiger partial charge in [0.05, 0.1) is 5.52 Å². The van der Waals surface area contributed by atoms with Crippen LogP contribution in [0, 0.1) is 0 Å². The van der Waals surface area contributed by atoms with Gasteiger partial charge in [-0.15, -0.1) is 0 Å². The molecule has 1 aromatic carbocycles. The normalized spacial score (nSPS) is 10.9.